The molecule has 1 aromatic carbocycles. The van der Waals surface area contributed by atoms with Gasteiger partial charge in [-0.05, 0) is 31.9 Å². The largest absolute Gasteiger partial charge is 0.488 e. The van der Waals surface area contributed by atoms with E-state index in [1.165, 1.54) is 0 Å². The fraction of sp³-hybridized carbons (Fsp3) is 0.571. The Bertz CT molecular complexity index is 325. The molecule has 3 unspecified atom stereocenters. The maximum atomic E-state index is 5.78. The zero-order chi connectivity index (χ0) is 12.1. The summed E-state index contributed by atoms with van der Waals surface area (Å²) in [6, 6.07) is 9.74. The molecule has 0 N–H and O–H groups in total. The molecule has 2 rings (SSSR count). The Balaban J connectivity index is 1.82. The first-order chi connectivity index (χ1) is 8.28. The fourth-order valence-electron chi connectivity index (χ4n) is 2.01. The molecule has 0 spiro atoms. The predicted molar refractivity (Wildman–Crippen MR) is 66.1 cm³/mol. The normalized spacial score (nSPS) is 28.9. The number of benzene rings is 1. The van der Waals surface area contributed by atoms with E-state index in [9.17, 15) is 0 Å². The summed E-state index contributed by atoms with van der Waals surface area (Å²) in [5.74, 6) is 0.853. The lowest BCUT2D eigenvalue weighted by molar-refractivity contribution is -0.247. The first-order valence-corrected chi connectivity index (χ1v) is 6.26. The van der Waals surface area contributed by atoms with Crippen LogP contribution < -0.4 is 4.74 Å². The average Bonchev–Trinajstić information content (AvgIpc) is 2.37. The van der Waals surface area contributed by atoms with Crippen LogP contribution in [0.1, 0.15) is 26.7 Å². The molecule has 1 aromatic rings. The van der Waals surface area contributed by atoms with Crippen LogP contribution in [-0.4, -0.2) is 25.1 Å². The summed E-state index contributed by atoms with van der Waals surface area (Å²) in [4.78, 5) is 0. The van der Waals surface area contributed by atoms with Crippen molar-refractivity contribution in [3.63, 3.8) is 0 Å². The molecule has 0 aliphatic carbocycles. The third-order valence-electron chi connectivity index (χ3n) is 2.91. The molecule has 1 aliphatic heterocycles. The molecule has 0 aromatic heterocycles. The molecular formula is C14H20O3. The molecule has 0 radical (unpaired) electrons. The smallest absolute Gasteiger partial charge is 0.192 e. The zero-order valence-corrected chi connectivity index (χ0v) is 10.5. The average molecular weight is 236 g/mol. The lowest BCUT2D eigenvalue weighted by Crippen LogP contribution is -2.39. The van der Waals surface area contributed by atoms with Crippen LogP contribution in [-0.2, 0) is 9.47 Å². The van der Waals surface area contributed by atoms with Gasteiger partial charge in [0.15, 0.2) is 6.29 Å². The lowest BCUT2D eigenvalue weighted by atomic mass is 10.1. The van der Waals surface area contributed by atoms with Crippen molar-refractivity contribution in [2.45, 2.75) is 45.2 Å². The highest BCUT2D eigenvalue weighted by atomic mass is 16.7. The van der Waals surface area contributed by atoms with Crippen LogP contribution in [0.15, 0.2) is 30.3 Å². The number of rotatable bonds is 4. The van der Waals surface area contributed by atoms with Crippen LogP contribution in [0, 0.1) is 0 Å². The summed E-state index contributed by atoms with van der Waals surface area (Å²) in [6.07, 6.45) is 2.29. The van der Waals surface area contributed by atoms with Gasteiger partial charge in [0.25, 0.3) is 0 Å². The molecule has 3 nitrogen and oxygen atoms in total. The van der Waals surface area contributed by atoms with E-state index >= 15 is 0 Å². The van der Waals surface area contributed by atoms with Crippen LogP contribution in [0.2, 0.25) is 0 Å². The Morgan fingerprint density at radius 3 is 2.71 bits per heavy atom. The standard InChI is InChI=1S/C14H20O3/c1-3-12-9-11(2)16-14(17-12)10-15-13-7-5-4-6-8-13/h4-8,11-12,14H,3,9-10H2,1-2H3. The van der Waals surface area contributed by atoms with E-state index in [1.807, 2.05) is 30.3 Å². The van der Waals surface area contributed by atoms with Gasteiger partial charge >= 0.3 is 0 Å². The van der Waals surface area contributed by atoms with Crippen molar-refractivity contribution in [1.29, 1.82) is 0 Å². The first-order valence-electron chi connectivity index (χ1n) is 6.26. The molecule has 3 heteroatoms. The van der Waals surface area contributed by atoms with E-state index in [0.717, 1.165) is 18.6 Å². The van der Waals surface area contributed by atoms with Crippen molar-refractivity contribution < 1.29 is 14.2 Å². The maximum absolute atomic E-state index is 5.78. The third kappa shape index (κ3) is 3.72. The number of hydrogen-bond acceptors (Lipinski definition) is 3. The molecule has 94 valence electrons. The van der Waals surface area contributed by atoms with Crippen molar-refractivity contribution in [1.82, 2.24) is 0 Å². The van der Waals surface area contributed by atoms with Gasteiger partial charge in [-0.1, -0.05) is 25.1 Å². The molecule has 1 heterocycles. The predicted octanol–water partition coefficient (Wildman–Crippen LogP) is 3.00. The Morgan fingerprint density at radius 2 is 2.00 bits per heavy atom. The van der Waals surface area contributed by atoms with E-state index in [1.54, 1.807) is 0 Å². The summed E-state index contributed by atoms with van der Waals surface area (Å²) < 4.78 is 17.1. The van der Waals surface area contributed by atoms with Gasteiger partial charge in [0.1, 0.15) is 12.4 Å². The van der Waals surface area contributed by atoms with E-state index < -0.39 is 0 Å². The molecule has 0 saturated carbocycles. The first kappa shape index (κ1) is 12.4. The van der Waals surface area contributed by atoms with Gasteiger partial charge in [0, 0.05) is 0 Å². The Morgan fingerprint density at radius 1 is 1.24 bits per heavy atom. The van der Waals surface area contributed by atoms with E-state index in [4.69, 9.17) is 14.2 Å². The summed E-state index contributed by atoms with van der Waals surface area (Å²) >= 11 is 0. The maximum Gasteiger partial charge on any atom is 0.192 e. The number of para-hydroxylation sites is 1. The van der Waals surface area contributed by atoms with Gasteiger partial charge in [0.05, 0.1) is 12.2 Å². The van der Waals surface area contributed by atoms with Crippen LogP contribution >= 0.6 is 0 Å². The molecule has 0 bridgehead atoms. The monoisotopic (exact) mass is 236 g/mol. The number of hydrogen-bond donors (Lipinski definition) is 0. The minimum Gasteiger partial charge on any atom is -0.488 e. The van der Waals surface area contributed by atoms with Crippen LogP contribution in [0.25, 0.3) is 0 Å². The Kier molecular flexibility index (Phi) is 4.40. The molecule has 1 aliphatic rings. The van der Waals surface area contributed by atoms with Gasteiger partial charge in [-0.2, -0.15) is 0 Å². The summed E-state index contributed by atoms with van der Waals surface area (Å²) in [6.45, 7) is 4.67. The summed E-state index contributed by atoms with van der Waals surface area (Å²) in [7, 11) is 0. The van der Waals surface area contributed by atoms with Crippen molar-refractivity contribution in [3.8, 4) is 5.75 Å². The summed E-state index contributed by atoms with van der Waals surface area (Å²) in [5.41, 5.74) is 0. The quantitative estimate of drug-likeness (QED) is 0.804. The SMILES string of the molecule is CCC1CC(C)OC(COc2ccccc2)O1. The Labute approximate surface area is 103 Å². The second kappa shape index (κ2) is 6.03. The number of ether oxygens (including phenoxy) is 3. The molecule has 1 fully saturated rings. The van der Waals surface area contributed by atoms with Gasteiger partial charge in [-0.3, -0.25) is 0 Å². The van der Waals surface area contributed by atoms with Gasteiger partial charge < -0.3 is 14.2 Å². The minimum absolute atomic E-state index is 0.246. The van der Waals surface area contributed by atoms with E-state index in [0.29, 0.717) is 12.7 Å². The zero-order valence-electron chi connectivity index (χ0n) is 10.5. The summed E-state index contributed by atoms with van der Waals surface area (Å²) in [5, 5.41) is 0. The van der Waals surface area contributed by atoms with Crippen molar-refractivity contribution in [2.24, 2.45) is 0 Å². The van der Waals surface area contributed by atoms with Crippen LogP contribution in [0.5, 0.6) is 5.75 Å². The van der Waals surface area contributed by atoms with Gasteiger partial charge in [0.2, 0.25) is 0 Å². The highest BCUT2D eigenvalue weighted by Crippen LogP contribution is 2.21. The van der Waals surface area contributed by atoms with Crippen LogP contribution in [0.4, 0.5) is 0 Å². The van der Waals surface area contributed by atoms with Crippen molar-refractivity contribution in [3.05, 3.63) is 30.3 Å². The lowest BCUT2D eigenvalue weighted by Gasteiger charge is -2.33. The second-order valence-corrected chi connectivity index (χ2v) is 4.40. The van der Waals surface area contributed by atoms with E-state index in [2.05, 4.69) is 13.8 Å². The molecule has 1 saturated heterocycles. The van der Waals surface area contributed by atoms with Gasteiger partial charge in [-0.15, -0.1) is 0 Å². The van der Waals surface area contributed by atoms with Crippen molar-refractivity contribution in [2.75, 3.05) is 6.61 Å². The Hall–Kier alpha value is -1.06. The third-order valence-corrected chi connectivity index (χ3v) is 2.91. The topological polar surface area (TPSA) is 27.7 Å². The highest BCUT2D eigenvalue weighted by Gasteiger charge is 2.26. The molecule has 0 amide bonds. The van der Waals surface area contributed by atoms with Crippen LogP contribution in [0.3, 0.4) is 0 Å². The molecule has 17 heavy (non-hydrogen) atoms. The highest BCUT2D eigenvalue weighted by molar-refractivity contribution is 5.20. The second-order valence-electron chi connectivity index (χ2n) is 4.40. The van der Waals surface area contributed by atoms with Crippen molar-refractivity contribution >= 4 is 0 Å². The fourth-order valence-corrected chi connectivity index (χ4v) is 2.01. The van der Waals surface area contributed by atoms with Gasteiger partial charge in [-0.25, -0.2) is 0 Å². The van der Waals surface area contributed by atoms with E-state index in [-0.39, 0.29) is 12.4 Å². The molecule has 3 atom stereocenters. The minimum atomic E-state index is -0.246. The molecular weight excluding hydrogens is 216 g/mol.